The first kappa shape index (κ1) is 31.0. The number of rotatable bonds is 8. The van der Waals surface area contributed by atoms with Crippen LogP contribution in [0.1, 0.15) is 64.3 Å². The van der Waals surface area contributed by atoms with E-state index in [9.17, 15) is 14.7 Å². The highest BCUT2D eigenvalue weighted by atomic mass is 16.5. The number of morpholine rings is 1. The largest absolute Gasteiger partial charge is 0.496 e. The molecule has 2 saturated heterocycles. The molecule has 2 aliphatic rings. The number of nitrogens with zero attached hydrogens (tertiary/aromatic N) is 2. The average molecular weight is 566 g/mol. The molecule has 0 spiro atoms. The lowest BCUT2D eigenvalue weighted by molar-refractivity contribution is -0.153. The highest BCUT2D eigenvalue weighted by Crippen LogP contribution is 2.48. The van der Waals surface area contributed by atoms with E-state index in [-0.39, 0.29) is 29.8 Å². The highest BCUT2D eigenvalue weighted by Gasteiger charge is 2.57. The summed E-state index contributed by atoms with van der Waals surface area (Å²) < 4.78 is 11.2. The lowest BCUT2D eigenvalue weighted by atomic mass is 9.72. The third-order valence-electron chi connectivity index (χ3n) is 8.49. The molecule has 2 aromatic rings. The number of carboxylic acid groups (broad SMARTS) is 1. The smallest absolute Gasteiger partial charge is 0.326 e. The van der Waals surface area contributed by atoms with Crippen molar-refractivity contribution in [1.29, 1.82) is 0 Å². The monoisotopic (exact) mass is 565 g/mol. The number of carbonyl (C=O) groups is 2. The minimum Gasteiger partial charge on any atom is -0.496 e. The van der Waals surface area contributed by atoms with Crippen molar-refractivity contribution in [2.75, 3.05) is 40.0 Å². The molecule has 2 heterocycles. The molecule has 2 fully saturated rings. The molecule has 224 valence electrons. The van der Waals surface area contributed by atoms with Gasteiger partial charge >= 0.3 is 5.97 Å². The van der Waals surface area contributed by atoms with E-state index in [0.717, 1.165) is 16.9 Å². The van der Waals surface area contributed by atoms with E-state index in [2.05, 4.69) is 63.9 Å². The third-order valence-corrected chi connectivity index (χ3v) is 8.49. The number of nitrogens with one attached hydrogen (secondary N) is 1. The van der Waals surface area contributed by atoms with Gasteiger partial charge < -0.3 is 24.8 Å². The lowest BCUT2D eigenvalue weighted by Crippen LogP contribution is -2.51. The van der Waals surface area contributed by atoms with Crippen LogP contribution in [0.15, 0.2) is 48.5 Å². The van der Waals surface area contributed by atoms with Crippen molar-refractivity contribution in [3.63, 3.8) is 0 Å². The van der Waals surface area contributed by atoms with Gasteiger partial charge in [-0.2, -0.15) is 0 Å². The number of carboxylic acids is 1. The zero-order valence-corrected chi connectivity index (χ0v) is 25.6. The molecule has 0 bridgehead atoms. The molecule has 2 aliphatic heterocycles. The normalized spacial score (nSPS) is 23.9. The van der Waals surface area contributed by atoms with Gasteiger partial charge in [-0.1, -0.05) is 84.0 Å². The molecule has 0 saturated carbocycles. The Balaban J connectivity index is 1.77. The SMILES string of the molecule is COc1ccc(C(C)(C)C)cc1CN[C@H]1[C@H](C(C)(C)C)[C@@H](C(=O)O)N(C(=O)CN2CCOCC2)[C@H]1c1ccccc1. The van der Waals surface area contributed by atoms with Crippen LogP contribution >= 0.6 is 0 Å². The van der Waals surface area contributed by atoms with E-state index in [0.29, 0.717) is 32.8 Å². The van der Waals surface area contributed by atoms with Crippen LogP contribution in [-0.4, -0.2) is 78.8 Å². The Hall–Kier alpha value is -2.94. The van der Waals surface area contributed by atoms with Crippen molar-refractivity contribution in [3.05, 3.63) is 65.2 Å². The Bertz CT molecular complexity index is 1200. The molecule has 0 radical (unpaired) electrons. The first-order chi connectivity index (χ1) is 19.3. The summed E-state index contributed by atoms with van der Waals surface area (Å²) in [6.07, 6.45) is 0. The number of ether oxygens (including phenoxy) is 2. The van der Waals surface area contributed by atoms with Gasteiger partial charge in [0.1, 0.15) is 11.8 Å². The van der Waals surface area contributed by atoms with E-state index in [4.69, 9.17) is 9.47 Å². The molecule has 1 amide bonds. The van der Waals surface area contributed by atoms with Crippen molar-refractivity contribution in [2.24, 2.45) is 11.3 Å². The quantitative estimate of drug-likeness (QED) is 0.488. The second-order valence-corrected chi connectivity index (χ2v) is 13.4. The van der Waals surface area contributed by atoms with E-state index >= 15 is 0 Å². The summed E-state index contributed by atoms with van der Waals surface area (Å²) in [5.74, 6) is -0.713. The minimum atomic E-state index is -0.978. The molecular formula is C33H47N3O5. The van der Waals surface area contributed by atoms with E-state index in [1.165, 1.54) is 5.56 Å². The Morgan fingerprint density at radius 2 is 1.68 bits per heavy atom. The number of aliphatic carboxylic acids is 1. The number of methoxy groups -OCH3 is 1. The third kappa shape index (κ3) is 6.93. The first-order valence-electron chi connectivity index (χ1n) is 14.6. The number of hydrogen-bond donors (Lipinski definition) is 2. The molecule has 4 rings (SSSR count). The van der Waals surface area contributed by atoms with Crippen LogP contribution in [0.4, 0.5) is 0 Å². The predicted octanol–water partition coefficient (Wildman–Crippen LogP) is 4.48. The zero-order valence-electron chi connectivity index (χ0n) is 25.6. The molecule has 8 nitrogen and oxygen atoms in total. The first-order valence-corrected chi connectivity index (χ1v) is 14.6. The van der Waals surface area contributed by atoms with Crippen LogP contribution in [0.2, 0.25) is 0 Å². The van der Waals surface area contributed by atoms with Crippen molar-refractivity contribution < 1.29 is 24.2 Å². The summed E-state index contributed by atoms with van der Waals surface area (Å²) in [5, 5.41) is 14.4. The molecule has 2 aromatic carbocycles. The summed E-state index contributed by atoms with van der Waals surface area (Å²) in [4.78, 5) is 30.8. The van der Waals surface area contributed by atoms with E-state index in [1.807, 2.05) is 36.4 Å². The molecular weight excluding hydrogens is 518 g/mol. The van der Waals surface area contributed by atoms with Gasteiger partial charge in [-0.05, 0) is 28.0 Å². The van der Waals surface area contributed by atoms with Crippen molar-refractivity contribution in [2.45, 2.75) is 71.6 Å². The number of benzene rings is 2. The van der Waals surface area contributed by atoms with Gasteiger partial charge in [0.2, 0.25) is 5.91 Å². The summed E-state index contributed by atoms with van der Waals surface area (Å²) >= 11 is 0. The van der Waals surface area contributed by atoms with Crippen molar-refractivity contribution in [1.82, 2.24) is 15.1 Å². The Labute approximate surface area is 245 Å². The van der Waals surface area contributed by atoms with Crippen LogP contribution in [0, 0.1) is 11.3 Å². The number of carbonyl (C=O) groups excluding carboxylic acids is 1. The fourth-order valence-corrected chi connectivity index (χ4v) is 6.41. The van der Waals surface area contributed by atoms with Gasteiger partial charge in [0.25, 0.3) is 0 Å². The van der Waals surface area contributed by atoms with Crippen LogP contribution in [0.25, 0.3) is 0 Å². The Kier molecular flexibility index (Phi) is 9.46. The summed E-state index contributed by atoms with van der Waals surface area (Å²) in [7, 11) is 1.67. The molecule has 0 aromatic heterocycles. The average Bonchev–Trinajstić information content (AvgIpc) is 3.28. The van der Waals surface area contributed by atoms with E-state index in [1.54, 1.807) is 12.0 Å². The molecule has 4 atom stereocenters. The van der Waals surface area contributed by atoms with Crippen LogP contribution < -0.4 is 10.1 Å². The number of hydrogen-bond acceptors (Lipinski definition) is 6. The van der Waals surface area contributed by atoms with Crippen LogP contribution in [-0.2, 0) is 26.3 Å². The lowest BCUT2D eigenvalue weighted by Gasteiger charge is -2.35. The number of likely N-dealkylation sites (tertiary alicyclic amines) is 1. The van der Waals surface area contributed by atoms with E-state index < -0.39 is 23.5 Å². The second kappa shape index (κ2) is 12.5. The molecule has 8 heteroatoms. The molecule has 0 aliphatic carbocycles. The summed E-state index contributed by atoms with van der Waals surface area (Å²) in [6.45, 7) is 15.8. The minimum absolute atomic E-state index is 0.0357. The van der Waals surface area contributed by atoms with Gasteiger partial charge in [0.15, 0.2) is 0 Å². The maximum Gasteiger partial charge on any atom is 0.326 e. The predicted molar refractivity (Wildman–Crippen MR) is 160 cm³/mol. The molecule has 41 heavy (non-hydrogen) atoms. The molecule has 2 N–H and O–H groups in total. The fourth-order valence-electron chi connectivity index (χ4n) is 6.41. The van der Waals surface area contributed by atoms with Crippen molar-refractivity contribution >= 4 is 11.9 Å². The standard InChI is InChI=1S/C33H47N3O5/c1-32(2,3)24-13-14-25(40-7)23(19-24)20-34-28-27(33(4,5)6)30(31(38)39)36(29(28)22-11-9-8-10-12-22)26(37)21-35-15-17-41-18-16-35/h8-14,19,27-30,34H,15-18,20-21H2,1-7H3,(H,38,39)/t27-,28-,29-,30-/m0/s1. The second-order valence-electron chi connectivity index (χ2n) is 13.4. The number of amides is 1. The van der Waals surface area contributed by atoms with Gasteiger partial charge in [-0.15, -0.1) is 0 Å². The van der Waals surface area contributed by atoms with Crippen molar-refractivity contribution in [3.8, 4) is 5.75 Å². The zero-order chi connectivity index (χ0) is 29.9. The van der Waals surface area contributed by atoms with Gasteiger partial charge in [-0.25, -0.2) is 4.79 Å². The Morgan fingerprint density at radius 1 is 1.02 bits per heavy atom. The summed E-state index contributed by atoms with van der Waals surface area (Å²) in [6, 6.07) is 14.4. The molecule has 0 unspecified atom stereocenters. The van der Waals surface area contributed by atoms with Gasteiger partial charge in [0.05, 0.1) is 32.9 Å². The maximum absolute atomic E-state index is 14.1. The van der Waals surface area contributed by atoms with Crippen LogP contribution in [0.3, 0.4) is 0 Å². The highest BCUT2D eigenvalue weighted by molar-refractivity contribution is 5.87. The summed E-state index contributed by atoms with van der Waals surface area (Å²) in [5.41, 5.74) is 2.68. The van der Waals surface area contributed by atoms with Gasteiger partial charge in [0, 0.05) is 37.2 Å². The maximum atomic E-state index is 14.1. The van der Waals surface area contributed by atoms with Crippen LogP contribution in [0.5, 0.6) is 5.75 Å². The van der Waals surface area contributed by atoms with Gasteiger partial charge in [-0.3, -0.25) is 9.69 Å². The Morgan fingerprint density at radius 3 is 2.24 bits per heavy atom. The fraction of sp³-hybridized carbons (Fsp3) is 0.576. The topological polar surface area (TPSA) is 91.3 Å².